The maximum atomic E-state index is 12.5. The van der Waals surface area contributed by atoms with E-state index < -0.39 is 11.9 Å². The number of hydrogen-bond donors (Lipinski definition) is 1. The van der Waals surface area contributed by atoms with Crippen molar-refractivity contribution in [3.8, 4) is 0 Å². The molecule has 0 aliphatic heterocycles. The molecule has 25 heavy (non-hydrogen) atoms. The van der Waals surface area contributed by atoms with Crippen LogP contribution in [0.15, 0.2) is 48.5 Å². The van der Waals surface area contributed by atoms with Gasteiger partial charge in [0.2, 0.25) is 0 Å². The fourth-order valence-corrected chi connectivity index (χ4v) is 3.09. The molecule has 1 N–H and O–H groups in total. The molecule has 0 aromatic heterocycles. The quantitative estimate of drug-likeness (QED) is 0.483. The topological polar surface area (TPSA) is 55.4 Å². The van der Waals surface area contributed by atoms with E-state index in [1.165, 1.54) is 0 Å². The van der Waals surface area contributed by atoms with E-state index in [1.807, 2.05) is 32.0 Å². The number of carbonyl (C=O) groups excluding carboxylic acids is 2. The van der Waals surface area contributed by atoms with Crippen molar-refractivity contribution >= 4 is 51.8 Å². The Morgan fingerprint density at radius 2 is 1.76 bits per heavy atom. The van der Waals surface area contributed by atoms with E-state index in [-0.39, 0.29) is 18.4 Å². The number of esters is 1. The van der Waals surface area contributed by atoms with Gasteiger partial charge >= 0.3 is 5.97 Å². The summed E-state index contributed by atoms with van der Waals surface area (Å²) in [7, 11) is 0. The van der Waals surface area contributed by atoms with Gasteiger partial charge in [-0.2, -0.15) is 0 Å². The molecule has 1 amide bonds. The Kier molecular flexibility index (Phi) is 7.25. The van der Waals surface area contributed by atoms with Crippen LogP contribution in [0.25, 0.3) is 0 Å². The second kappa shape index (κ2) is 9.20. The average Bonchev–Trinajstić information content (AvgIpc) is 2.57. The lowest BCUT2D eigenvalue weighted by Gasteiger charge is -2.20. The molecular weight excluding hydrogens is 453 g/mol. The van der Waals surface area contributed by atoms with Gasteiger partial charge in [0, 0.05) is 8.59 Å². The molecular formula is C19H19ClINO3. The van der Waals surface area contributed by atoms with Crippen molar-refractivity contribution in [2.24, 2.45) is 5.92 Å². The molecule has 2 rings (SSSR count). The molecule has 6 heteroatoms. The second-order valence-corrected chi connectivity index (χ2v) is 7.51. The lowest BCUT2D eigenvalue weighted by Crippen LogP contribution is -2.26. The van der Waals surface area contributed by atoms with Gasteiger partial charge in [-0.3, -0.25) is 9.59 Å². The van der Waals surface area contributed by atoms with E-state index in [4.69, 9.17) is 16.3 Å². The molecule has 132 valence electrons. The predicted octanol–water partition coefficient (Wildman–Crippen LogP) is 4.87. The zero-order valence-electron chi connectivity index (χ0n) is 14.0. The van der Waals surface area contributed by atoms with Crippen LogP contribution in [0.2, 0.25) is 5.02 Å². The van der Waals surface area contributed by atoms with Crippen LogP contribution in [-0.2, 0) is 14.3 Å². The summed E-state index contributed by atoms with van der Waals surface area (Å²) < 4.78 is 6.16. The number of rotatable bonds is 6. The molecule has 2 aromatic carbocycles. The van der Waals surface area contributed by atoms with Gasteiger partial charge < -0.3 is 10.1 Å². The Morgan fingerprint density at radius 3 is 2.36 bits per heavy atom. The summed E-state index contributed by atoms with van der Waals surface area (Å²) in [5, 5.41) is 3.35. The summed E-state index contributed by atoms with van der Waals surface area (Å²) in [6.07, 6.45) is 0. The molecule has 0 saturated carbocycles. The highest BCUT2D eigenvalue weighted by Gasteiger charge is 2.26. The molecule has 0 spiro atoms. The smallest absolute Gasteiger partial charge is 0.314 e. The summed E-state index contributed by atoms with van der Waals surface area (Å²) in [5.74, 6) is -1.19. The Balaban J connectivity index is 1.98. The van der Waals surface area contributed by atoms with Gasteiger partial charge in [-0.05, 0) is 58.3 Å². The normalized spacial score (nSPS) is 11.9. The average molecular weight is 472 g/mol. The van der Waals surface area contributed by atoms with Gasteiger partial charge in [-0.1, -0.05) is 49.7 Å². The van der Waals surface area contributed by atoms with Crippen LogP contribution in [-0.4, -0.2) is 18.5 Å². The highest BCUT2D eigenvalue weighted by Crippen LogP contribution is 2.27. The molecule has 0 saturated heterocycles. The third-order valence-electron chi connectivity index (χ3n) is 3.64. The fourth-order valence-electron chi connectivity index (χ4n) is 2.44. The van der Waals surface area contributed by atoms with Crippen molar-refractivity contribution in [1.29, 1.82) is 0 Å². The molecule has 2 aromatic rings. The van der Waals surface area contributed by atoms with Crippen molar-refractivity contribution in [2.75, 3.05) is 11.9 Å². The van der Waals surface area contributed by atoms with Crippen LogP contribution in [0.3, 0.4) is 0 Å². The minimum atomic E-state index is -0.443. The van der Waals surface area contributed by atoms with Crippen LogP contribution >= 0.6 is 34.2 Å². The van der Waals surface area contributed by atoms with Gasteiger partial charge in [-0.15, -0.1) is 0 Å². The summed E-state index contributed by atoms with van der Waals surface area (Å²) >= 11 is 8.03. The molecule has 0 bridgehead atoms. The van der Waals surface area contributed by atoms with Crippen molar-refractivity contribution in [3.05, 3.63) is 62.7 Å². The number of hydrogen-bond acceptors (Lipinski definition) is 3. The molecule has 0 fully saturated rings. The largest absolute Gasteiger partial charge is 0.455 e. The number of anilines is 1. The van der Waals surface area contributed by atoms with Crippen molar-refractivity contribution in [2.45, 2.75) is 19.8 Å². The van der Waals surface area contributed by atoms with Crippen LogP contribution in [0.5, 0.6) is 0 Å². The van der Waals surface area contributed by atoms with Crippen LogP contribution in [0, 0.1) is 9.49 Å². The number of ether oxygens (including phenoxy) is 1. The van der Waals surface area contributed by atoms with Crippen LogP contribution < -0.4 is 5.32 Å². The lowest BCUT2D eigenvalue weighted by atomic mass is 9.88. The fraction of sp³-hybridized carbons (Fsp3) is 0.263. The summed E-state index contributed by atoms with van der Waals surface area (Å²) in [5.41, 5.74) is 1.52. The van der Waals surface area contributed by atoms with E-state index in [0.717, 1.165) is 9.13 Å². The molecule has 0 heterocycles. The van der Waals surface area contributed by atoms with E-state index in [9.17, 15) is 9.59 Å². The molecule has 0 aliphatic carbocycles. The SMILES string of the molecule is CC(C)C(C(=O)OCC(=O)Nc1ccccc1I)c1ccc(Cl)cc1. The van der Waals surface area contributed by atoms with E-state index in [1.54, 1.807) is 30.3 Å². The van der Waals surface area contributed by atoms with Gasteiger partial charge in [0.1, 0.15) is 0 Å². The van der Waals surface area contributed by atoms with Crippen molar-refractivity contribution in [3.63, 3.8) is 0 Å². The number of halogens is 2. The number of para-hydroxylation sites is 1. The molecule has 0 aliphatic rings. The van der Waals surface area contributed by atoms with E-state index >= 15 is 0 Å². The highest BCUT2D eigenvalue weighted by molar-refractivity contribution is 14.1. The summed E-state index contributed by atoms with van der Waals surface area (Å²) in [6.45, 7) is 3.56. The first-order chi connectivity index (χ1) is 11.9. The molecule has 4 nitrogen and oxygen atoms in total. The van der Waals surface area contributed by atoms with Gasteiger partial charge in [0.25, 0.3) is 5.91 Å². The highest BCUT2D eigenvalue weighted by atomic mass is 127. The van der Waals surface area contributed by atoms with E-state index in [2.05, 4.69) is 27.9 Å². The summed E-state index contributed by atoms with van der Waals surface area (Å²) in [6, 6.07) is 14.5. The van der Waals surface area contributed by atoms with Crippen molar-refractivity contribution < 1.29 is 14.3 Å². The van der Waals surface area contributed by atoms with Crippen LogP contribution in [0.4, 0.5) is 5.69 Å². The third-order valence-corrected chi connectivity index (χ3v) is 4.84. The first-order valence-electron chi connectivity index (χ1n) is 7.85. The van der Waals surface area contributed by atoms with Gasteiger partial charge in [0.15, 0.2) is 6.61 Å². The van der Waals surface area contributed by atoms with Gasteiger partial charge in [0.05, 0.1) is 11.6 Å². The minimum Gasteiger partial charge on any atom is -0.455 e. The van der Waals surface area contributed by atoms with E-state index in [0.29, 0.717) is 10.7 Å². The Morgan fingerprint density at radius 1 is 1.12 bits per heavy atom. The monoisotopic (exact) mass is 471 g/mol. The van der Waals surface area contributed by atoms with Crippen LogP contribution in [0.1, 0.15) is 25.3 Å². The zero-order chi connectivity index (χ0) is 18.4. The molecule has 1 atom stereocenters. The number of nitrogens with one attached hydrogen (secondary N) is 1. The Bertz CT molecular complexity index is 747. The number of benzene rings is 2. The standard InChI is InChI=1S/C19H19ClINO3/c1-12(2)18(13-7-9-14(20)10-8-13)19(24)25-11-17(23)22-16-6-4-3-5-15(16)21/h3-10,12,18H,11H2,1-2H3,(H,22,23). The Labute approximate surface area is 166 Å². The maximum absolute atomic E-state index is 12.5. The van der Waals surface area contributed by atoms with Crippen molar-refractivity contribution in [1.82, 2.24) is 0 Å². The Hall–Kier alpha value is -1.60. The minimum absolute atomic E-state index is 0.0341. The second-order valence-electron chi connectivity index (χ2n) is 5.91. The number of amides is 1. The lowest BCUT2D eigenvalue weighted by molar-refractivity contribution is -0.149. The maximum Gasteiger partial charge on any atom is 0.314 e. The molecule has 0 radical (unpaired) electrons. The van der Waals surface area contributed by atoms with Gasteiger partial charge in [-0.25, -0.2) is 0 Å². The number of carbonyl (C=O) groups is 2. The first-order valence-corrected chi connectivity index (χ1v) is 9.30. The predicted molar refractivity (Wildman–Crippen MR) is 108 cm³/mol. The summed E-state index contributed by atoms with van der Waals surface area (Å²) in [4.78, 5) is 24.5. The zero-order valence-corrected chi connectivity index (χ0v) is 16.9. The first kappa shape index (κ1) is 19.7. The third kappa shape index (κ3) is 5.71. The molecule has 1 unspecified atom stereocenters.